The maximum absolute atomic E-state index is 4.72. The van der Waals surface area contributed by atoms with E-state index >= 15 is 0 Å². The number of nitrogens with one attached hydrogen (secondary N) is 2. The molecule has 0 saturated carbocycles. The summed E-state index contributed by atoms with van der Waals surface area (Å²) in [7, 11) is 0. The van der Waals surface area contributed by atoms with Crippen LogP contribution in [0.15, 0.2) is 29.3 Å². The van der Waals surface area contributed by atoms with Crippen LogP contribution in [0.25, 0.3) is 0 Å². The molecule has 0 bridgehead atoms. The number of hydrogen-bond donors (Lipinski definition) is 2. The van der Waals surface area contributed by atoms with Gasteiger partial charge in [0.25, 0.3) is 0 Å². The lowest BCUT2D eigenvalue weighted by Gasteiger charge is -2.24. The average Bonchev–Trinajstić information content (AvgIpc) is 2.91. The Morgan fingerprint density at radius 1 is 1.33 bits per heavy atom. The first-order chi connectivity index (χ1) is 10.1. The second kappa shape index (κ2) is 7.74. The van der Waals surface area contributed by atoms with E-state index in [0.29, 0.717) is 4.75 Å². The quantitative estimate of drug-likeness (QED) is 0.647. The van der Waals surface area contributed by atoms with E-state index < -0.39 is 0 Å². The van der Waals surface area contributed by atoms with Crippen molar-refractivity contribution in [1.29, 1.82) is 0 Å². The molecule has 21 heavy (non-hydrogen) atoms. The SMILES string of the molecule is CCNC(=NCc1ccccc1C)NCC1(C)CCCS1. The monoisotopic (exact) mass is 305 g/mol. The van der Waals surface area contributed by atoms with E-state index in [1.54, 1.807) is 0 Å². The minimum absolute atomic E-state index is 0.360. The molecule has 0 aliphatic carbocycles. The van der Waals surface area contributed by atoms with Gasteiger partial charge in [-0.2, -0.15) is 11.8 Å². The summed E-state index contributed by atoms with van der Waals surface area (Å²) < 4.78 is 0.360. The lowest BCUT2D eigenvalue weighted by Crippen LogP contribution is -2.43. The number of nitrogens with zero attached hydrogens (tertiary/aromatic N) is 1. The molecule has 0 amide bonds. The Morgan fingerprint density at radius 3 is 2.81 bits per heavy atom. The summed E-state index contributed by atoms with van der Waals surface area (Å²) in [5.41, 5.74) is 2.59. The molecular weight excluding hydrogens is 278 g/mol. The number of rotatable bonds is 5. The molecule has 1 saturated heterocycles. The van der Waals surface area contributed by atoms with Crippen molar-refractivity contribution in [2.24, 2.45) is 4.99 Å². The zero-order valence-corrected chi connectivity index (χ0v) is 14.2. The third-order valence-electron chi connectivity index (χ3n) is 3.94. The summed E-state index contributed by atoms with van der Waals surface area (Å²) >= 11 is 2.08. The van der Waals surface area contributed by atoms with Crippen molar-refractivity contribution in [1.82, 2.24) is 10.6 Å². The van der Waals surface area contributed by atoms with Crippen molar-refractivity contribution in [3.8, 4) is 0 Å². The van der Waals surface area contributed by atoms with Crippen LogP contribution < -0.4 is 10.6 Å². The summed E-state index contributed by atoms with van der Waals surface area (Å²) in [5, 5.41) is 6.85. The van der Waals surface area contributed by atoms with E-state index in [1.165, 1.54) is 29.7 Å². The lowest BCUT2D eigenvalue weighted by molar-refractivity contribution is 0.584. The molecule has 2 N–H and O–H groups in total. The summed E-state index contributed by atoms with van der Waals surface area (Å²) in [4.78, 5) is 4.72. The van der Waals surface area contributed by atoms with Crippen molar-refractivity contribution in [2.45, 2.75) is 44.9 Å². The molecule has 1 aromatic rings. The minimum atomic E-state index is 0.360. The predicted octanol–water partition coefficient (Wildman–Crippen LogP) is 3.34. The fraction of sp³-hybridized carbons (Fsp3) is 0.588. The summed E-state index contributed by atoms with van der Waals surface area (Å²) in [6.45, 7) is 9.20. The number of hydrogen-bond acceptors (Lipinski definition) is 2. The zero-order valence-electron chi connectivity index (χ0n) is 13.4. The zero-order chi connectivity index (χ0) is 15.1. The first-order valence-corrected chi connectivity index (χ1v) is 8.82. The Labute approximate surface area is 133 Å². The molecule has 1 heterocycles. The summed E-state index contributed by atoms with van der Waals surface area (Å²) in [6, 6.07) is 8.44. The molecule has 1 aliphatic heterocycles. The molecule has 1 unspecified atom stereocenters. The second-order valence-corrected chi connectivity index (χ2v) is 7.56. The van der Waals surface area contributed by atoms with E-state index in [1.807, 2.05) is 0 Å². The molecule has 2 rings (SSSR count). The minimum Gasteiger partial charge on any atom is -0.357 e. The van der Waals surface area contributed by atoms with Gasteiger partial charge in [0.05, 0.1) is 6.54 Å². The summed E-state index contributed by atoms with van der Waals surface area (Å²) in [6.07, 6.45) is 2.63. The molecule has 116 valence electrons. The fourth-order valence-electron chi connectivity index (χ4n) is 2.54. The van der Waals surface area contributed by atoms with Crippen molar-refractivity contribution >= 4 is 17.7 Å². The van der Waals surface area contributed by atoms with Crippen molar-refractivity contribution in [2.75, 3.05) is 18.8 Å². The second-order valence-electron chi connectivity index (χ2n) is 5.88. The maximum atomic E-state index is 4.72. The Balaban J connectivity index is 1.94. The number of aryl methyl sites for hydroxylation is 1. The van der Waals surface area contributed by atoms with Gasteiger partial charge in [0, 0.05) is 17.8 Å². The Morgan fingerprint density at radius 2 is 2.14 bits per heavy atom. The molecular formula is C17H27N3S. The highest BCUT2D eigenvalue weighted by Crippen LogP contribution is 2.36. The molecule has 3 nitrogen and oxygen atoms in total. The van der Waals surface area contributed by atoms with Crippen LogP contribution in [0.4, 0.5) is 0 Å². The highest BCUT2D eigenvalue weighted by atomic mass is 32.2. The maximum Gasteiger partial charge on any atom is 0.191 e. The van der Waals surface area contributed by atoms with E-state index in [2.05, 4.69) is 67.4 Å². The highest BCUT2D eigenvalue weighted by molar-refractivity contribution is 8.00. The highest BCUT2D eigenvalue weighted by Gasteiger charge is 2.29. The first kappa shape index (κ1) is 16.2. The topological polar surface area (TPSA) is 36.4 Å². The van der Waals surface area contributed by atoms with Gasteiger partial charge >= 0.3 is 0 Å². The van der Waals surface area contributed by atoms with Crippen molar-refractivity contribution in [3.05, 3.63) is 35.4 Å². The average molecular weight is 305 g/mol. The van der Waals surface area contributed by atoms with Gasteiger partial charge in [0.1, 0.15) is 0 Å². The van der Waals surface area contributed by atoms with Crippen LogP contribution in [-0.2, 0) is 6.54 Å². The third-order valence-corrected chi connectivity index (χ3v) is 5.48. The molecule has 0 radical (unpaired) electrons. The van der Waals surface area contributed by atoms with E-state index in [9.17, 15) is 0 Å². The fourth-order valence-corrected chi connectivity index (χ4v) is 3.78. The first-order valence-electron chi connectivity index (χ1n) is 7.83. The molecule has 0 aromatic heterocycles. The van der Waals surface area contributed by atoms with Gasteiger partial charge < -0.3 is 10.6 Å². The van der Waals surface area contributed by atoms with Gasteiger partial charge in [-0.15, -0.1) is 0 Å². The number of benzene rings is 1. The van der Waals surface area contributed by atoms with Gasteiger partial charge in [-0.25, -0.2) is 4.99 Å². The molecule has 1 aromatic carbocycles. The Bertz CT molecular complexity index is 479. The van der Waals surface area contributed by atoms with Gasteiger partial charge in [0.15, 0.2) is 5.96 Å². The van der Waals surface area contributed by atoms with Gasteiger partial charge in [-0.05, 0) is 50.5 Å². The smallest absolute Gasteiger partial charge is 0.191 e. The predicted molar refractivity (Wildman–Crippen MR) is 94.1 cm³/mol. The van der Waals surface area contributed by atoms with Crippen LogP contribution in [0.3, 0.4) is 0 Å². The van der Waals surface area contributed by atoms with Crippen LogP contribution in [-0.4, -0.2) is 29.5 Å². The largest absolute Gasteiger partial charge is 0.357 e. The van der Waals surface area contributed by atoms with Gasteiger partial charge in [-0.1, -0.05) is 24.3 Å². The molecule has 1 atom stereocenters. The molecule has 4 heteroatoms. The van der Waals surface area contributed by atoms with E-state index in [4.69, 9.17) is 4.99 Å². The van der Waals surface area contributed by atoms with E-state index in [-0.39, 0.29) is 0 Å². The lowest BCUT2D eigenvalue weighted by atomic mass is 10.1. The number of thioether (sulfide) groups is 1. The van der Waals surface area contributed by atoms with Crippen molar-refractivity contribution in [3.63, 3.8) is 0 Å². The van der Waals surface area contributed by atoms with Crippen LogP contribution in [0.1, 0.15) is 37.8 Å². The molecule has 0 spiro atoms. The van der Waals surface area contributed by atoms with E-state index in [0.717, 1.165) is 25.6 Å². The van der Waals surface area contributed by atoms with Crippen molar-refractivity contribution < 1.29 is 0 Å². The van der Waals surface area contributed by atoms with Crippen LogP contribution in [0.5, 0.6) is 0 Å². The number of guanidine groups is 1. The molecule has 1 aliphatic rings. The molecule has 1 fully saturated rings. The van der Waals surface area contributed by atoms with Gasteiger partial charge in [0.2, 0.25) is 0 Å². The third kappa shape index (κ3) is 4.95. The van der Waals surface area contributed by atoms with Crippen LogP contribution in [0, 0.1) is 6.92 Å². The summed E-state index contributed by atoms with van der Waals surface area (Å²) in [5.74, 6) is 2.21. The standard InChI is InChI=1S/C17H27N3S/c1-4-18-16(20-13-17(3)10-7-11-21-17)19-12-15-9-6-5-8-14(15)2/h5-6,8-9H,4,7,10-13H2,1-3H3,(H2,18,19,20). The number of aliphatic imine (C=N–C) groups is 1. The van der Waals surface area contributed by atoms with Crippen LogP contribution >= 0.6 is 11.8 Å². The Kier molecular flexibility index (Phi) is 5.97. The normalized spacial score (nSPS) is 22.3. The van der Waals surface area contributed by atoms with Crippen LogP contribution in [0.2, 0.25) is 0 Å². The van der Waals surface area contributed by atoms with Gasteiger partial charge in [-0.3, -0.25) is 0 Å². The Hall–Kier alpha value is -1.16.